The van der Waals surface area contributed by atoms with Crippen LogP contribution in [-0.4, -0.2) is 18.1 Å². The lowest BCUT2D eigenvalue weighted by atomic mass is 9.99. The Kier molecular flexibility index (Phi) is 3.95. The number of rotatable bonds is 2. The van der Waals surface area contributed by atoms with Crippen molar-refractivity contribution in [3.8, 4) is 23.0 Å². The molecular weight excluding hydrogens is 250 g/mol. The van der Waals surface area contributed by atoms with Gasteiger partial charge < -0.3 is 9.72 Å². The molecule has 0 aliphatic rings. The van der Waals surface area contributed by atoms with Crippen molar-refractivity contribution >= 4 is 5.97 Å². The SMILES string of the molecule is CC#Cc1[nH]c(C)c(-c2ccc(C)cc2)c1C(=O)OC. The zero-order valence-electron chi connectivity index (χ0n) is 12.1. The molecule has 0 saturated heterocycles. The van der Waals surface area contributed by atoms with Crippen LogP contribution in [0, 0.1) is 25.7 Å². The quantitative estimate of drug-likeness (QED) is 0.669. The molecule has 3 nitrogen and oxygen atoms in total. The molecule has 1 heterocycles. The number of H-pyrrole nitrogens is 1. The van der Waals surface area contributed by atoms with Crippen LogP contribution in [0.3, 0.4) is 0 Å². The molecule has 0 bridgehead atoms. The van der Waals surface area contributed by atoms with Crippen LogP contribution < -0.4 is 0 Å². The lowest BCUT2D eigenvalue weighted by Gasteiger charge is -2.05. The zero-order chi connectivity index (χ0) is 14.7. The van der Waals surface area contributed by atoms with Crippen LogP contribution >= 0.6 is 0 Å². The van der Waals surface area contributed by atoms with Crippen molar-refractivity contribution < 1.29 is 9.53 Å². The highest BCUT2D eigenvalue weighted by Crippen LogP contribution is 2.30. The number of aryl methyl sites for hydroxylation is 2. The smallest absolute Gasteiger partial charge is 0.341 e. The second kappa shape index (κ2) is 5.66. The maximum atomic E-state index is 12.1. The monoisotopic (exact) mass is 267 g/mol. The van der Waals surface area contributed by atoms with E-state index in [1.54, 1.807) is 6.92 Å². The Morgan fingerprint density at radius 3 is 2.40 bits per heavy atom. The Morgan fingerprint density at radius 2 is 1.85 bits per heavy atom. The topological polar surface area (TPSA) is 42.1 Å². The normalized spacial score (nSPS) is 9.80. The third-order valence-corrected chi connectivity index (χ3v) is 3.17. The van der Waals surface area contributed by atoms with Gasteiger partial charge in [-0.2, -0.15) is 0 Å². The fraction of sp³-hybridized carbons (Fsp3) is 0.235. The molecule has 102 valence electrons. The van der Waals surface area contributed by atoms with Crippen molar-refractivity contribution in [2.45, 2.75) is 20.8 Å². The van der Waals surface area contributed by atoms with Gasteiger partial charge in [0.15, 0.2) is 0 Å². The molecule has 2 aromatic rings. The average Bonchev–Trinajstić information content (AvgIpc) is 2.76. The van der Waals surface area contributed by atoms with E-state index >= 15 is 0 Å². The first kappa shape index (κ1) is 14.0. The number of benzene rings is 1. The number of nitrogens with one attached hydrogen (secondary N) is 1. The van der Waals surface area contributed by atoms with E-state index in [1.165, 1.54) is 12.7 Å². The van der Waals surface area contributed by atoms with E-state index in [1.807, 2.05) is 38.1 Å². The van der Waals surface area contributed by atoms with Gasteiger partial charge in [-0.3, -0.25) is 0 Å². The lowest BCUT2D eigenvalue weighted by Crippen LogP contribution is -2.04. The molecule has 20 heavy (non-hydrogen) atoms. The molecule has 0 atom stereocenters. The highest BCUT2D eigenvalue weighted by Gasteiger charge is 2.22. The third-order valence-electron chi connectivity index (χ3n) is 3.17. The number of hydrogen-bond donors (Lipinski definition) is 1. The fourth-order valence-corrected chi connectivity index (χ4v) is 2.23. The van der Waals surface area contributed by atoms with E-state index in [-0.39, 0.29) is 5.97 Å². The summed E-state index contributed by atoms with van der Waals surface area (Å²) in [5, 5.41) is 0. The van der Waals surface area contributed by atoms with E-state index in [0.29, 0.717) is 11.3 Å². The number of hydrogen-bond acceptors (Lipinski definition) is 2. The Balaban J connectivity index is 2.70. The Morgan fingerprint density at radius 1 is 1.20 bits per heavy atom. The molecule has 0 unspecified atom stereocenters. The Labute approximate surface area is 119 Å². The first-order valence-corrected chi connectivity index (χ1v) is 6.39. The molecule has 0 aliphatic heterocycles. The van der Waals surface area contributed by atoms with Crippen molar-refractivity contribution in [3.63, 3.8) is 0 Å². The zero-order valence-corrected chi connectivity index (χ0v) is 12.1. The summed E-state index contributed by atoms with van der Waals surface area (Å²) >= 11 is 0. The molecule has 0 radical (unpaired) electrons. The first-order chi connectivity index (χ1) is 9.58. The molecule has 1 aromatic heterocycles. The van der Waals surface area contributed by atoms with E-state index < -0.39 is 0 Å². The minimum atomic E-state index is -0.373. The Hall–Kier alpha value is -2.47. The number of esters is 1. The van der Waals surface area contributed by atoms with Gasteiger partial charge in [-0.05, 0) is 32.3 Å². The minimum absolute atomic E-state index is 0.373. The fourth-order valence-electron chi connectivity index (χ4n) is 2.23. The predicted molar refractivity (Wildman–Crippen MR) is 79.6 cm³/mol. The van der Waals surface area contributed by atoms with Gasteiger partial charge in [-0.25, -0.2) is 4.79 Å². The summed E-state index contributed by atoms with van der Waals surface area (Å²) in [6.45, 7) is 5.70. The summed E-state index contributed by atoms with van der Waals surface area (Å²) < 4.78 is 4.90. The van der Waals surface area contributed by atoms with Gasteiger partial charge in [0.05, 0.1) is 7.11 Å². The van der Waals surface area contributed by atoms with Crippen LogP contribution in [0.15, 0.2) is 24.3 Å². The summed E-state index contributed by atoms with van der Waals surface area (Å²) in [6.07, 6.45) is 0. The number of carbonyl (C=O) groups excluding carboxylic acids is 1. The van der Waals surface area contributed by atoms with Crippen molar-refractivity contribution in [2.75, 3.05) is 7.11 Å². The molecule has 0 fully saturated rings. The van der Waals surface area contributed by atoms with Crippen LogP contribution in [-0.2, 0) is 4.74 Å². The van der Waals surface area contributed by atoms with Gasteiger partial charge >= 0.3 is 5.97 Å². The summed E-state index contributed by atoms with van der Waals surface area (Å²) in [4.78, 5) is 15.2. The maximum Gasteiger partial charge on any atom is 0.341 e. The minimum Gasteiger partial charge on any atom is -0.465 e. The number of aromatic nitrogens is 1. The molecule has 1 N–H and O–H groups in total. The van der Waals surface area contributed by atoms with Gasteiger partial charge in [0.2, 0.25) is 0 Å². The van der Waals surface area contributed by atoms with Crippen LogP contribution in [0.2, 0.25) is 0 Å². The highest BCUT2D eigenvalue weighted by molar-refractivity contribution is 6.00. The second-order valence-corrected chi connectivity index (χ2v) is 4.61. The van der Waals surface area contributed by atoms with Crippen LogP contribution in [0.4, 0.5) is 0 Å². The maximum absolute atomic E-state index is 12.1. The Bertz CT molecular complexity index is 697. The van der Waals surface area contributed by atoms with E-state index in [4.69, 9.17) is 4.74 Å². The summed E-state index contributed by atoms with van der Waals surface area (Å²) in [7, 11) is 1.38. The van der Waals surface area contributed by atoms with Gasteiger partial charge in [0.25, 0.3) is 0 Å². The van der Waals surface area contributed by atoms with Crippen LogP contribution in [0.5, 0.6) is 0 Å². The van der Waals surface area contributed by atoms with Crippen molar-refractivity contribution in [3.05, 3.63) is 46.8 Å². The summed E-state index contributed by atoms with van der Waals surface area (Å²) in [5.74, 6) is 5.37. The van der Waals surface area contributed by atoms with Gasteiger partial charge in [0, 0.05) is 11.3 Å². The molecule has 0 amide bonds. The van der Waals surface area contributed by atoms with Gasteiger partial charge in [-0.15, -0.1) is 0 Å². The second-order valence-electron chi connectivity index (χ2n) is 4.61. The molecular formula is C17H17NO2. The molecule has 0 aliphatic carbocycles. The molecule has 0 spiro atoms. The number of methoxy groups -OCH3 is 1. The lowest BCUT2D eigenvalue weighted by molar-refractivity contribution is 0.0601. The number of aromatic amines is 1. The first-order valence-electron chi connectivity index (χ1n) is 6.39. The average molecular weight is 267 g/mol. The van der Waals surface area contributed by atoms with Gasteiger partial charge in [-0.1, -0.05) is 35.7 Å². The van der Waals surface area contributed by atoms with E-state index in [0.717, 1.165) is 16.8 Å². The largest absolute Gasteiger partial charge is 0.465 e. The molecule has 1 aromatic carbocycles. The van der Waals surface area contributed by atoms with Crippen molar-refractivity contribution in [1.82, 2.24) is 4.98 Å². The highest BCUT2D eigenvalue weighted by atomic mass is 16.5. The van der Waals surface area contributed by atoms with Crippen molar-refractivity contribution in [1.29, 1.82) is 0 Å². The van der Waals surface area contributed by atoms with Crippen molar-refractivity contribution in [2.24, 2.45) is 0 Å². The van der Waals surface area contributed by atoms with Crippen LogP contribution in [0.1, 0.15) is 34.2 Å². The van der Waals surface area contributed by atoms with Crippen LogP contribution in [0.25, 0.3) is 11.1 Å². The third kappa shape index (κ3) is 2.46. The molecule has 3 heteroatoms. The molecule has 0 saturated carbocycles. The number of carbonyl (C=O) groups is 1. The summed E-state index contributed by atoms with van der Waals surface area (Å²) in [5.41, 5.74) is 5.03. The number of ether oxygens (including phenoxy) is 1. The summed E-state index contributed by atoms with van der Waals surface area (Å²) in [6, 6.07) is 8.05. The predicted octanol–water partition coefficient (Wildman–Crippen LogP) is 3.46. The standard InChI is InChI=1S/C17H17NO2/c1-5-6-14-16(17(19)20-4)15(12(3)18-14)13-9-7-11(2)8-10-13/h7-10,18H,1-4H3. The van der Waals surface area contributed by atoms with E-state index in [9.17, 15) is 4.79 Å². The van der Waals surface area contributed by atoms with E-state index in [2.05, 4.69) is 16.8 Å². The van der Waals surface area contributed by atoms with Gasteiger partial charge in [0.1, 0.15) is 11.3 Å². The molecule has 2 rings (SSSR count).